The van der Waals surface area contributed by atoms with Crippen molar-refractivity contribution in [2.24, 2.45) is 0 Å². The number of hydrogen-bond acceptors (Lipinski definition) is 3. The number of hydrogen-bond donors (Lipinski definition) is 0. The third-order valence-electron chi connectivity index (χ3n) is 2.44. The molecule has 0 aliphatic carbocycles. The van der Waals surface area contributed by atoms with Crippen LogP contribution in [0.25, 0.3) is 0 Å². The van der Waals surface area contributed by atoms with E-state index in [2.05, 4.69) is 39.7 Å². The molecule has 2 atom stereocenters. The van der Waals surface area contributed by atoms with E-state index in [1.807, 2.05) is 13.0 Å². The monoisotopic (exact) mass is 272 g/mol. The normalized spacial score (nSPS) is 14.7. The maximum atomic E-state index is 5.13. The average molecular weight is 273 g/mol. The van der Waals surface area contributed by atoms with E-state index >= 15 is 0 Å². The first-order chi connectivity index (χ1) is 7.08. The van der Waals surface area contributed by atoms with Crippen molar-refractivity contribution in [3.8, 4) is 5.88 Å². The zero-order chi connectivity index (χ0) is 11.4. The molecule has 84 valence electrons. The molecule has 0 fully saturated rings. The van der Waals surface area contributed by atoms with Crippen LogP contribution >= 0.6 is 15.9 Å². The lowest BCUT2D eigenvalue weighted by Crippen LogP contribution is -2.11. The summed E-state index contributed by atoms with van der Waals surface area (Å²) in [5.41, 5.74) is 1.03. The van der Waals surface area contributed by atoms with E-state index in [0.717, 1.165) is 17.9 Å². The van der Waals surface area contributed by atoms with Crippen molar-refractivity contribution in [1.82, 2.24) is 9.97 Å². The van der Waals surface area contributed by atoms with Crippen LogP contribution in [0, 0.1) is 6.92 Å². The number of ether oxygens (including phenoxy) is 1. The molecule has 0 aliphatic heterocycles. The summed E-state index contributed by atoms with van der Waals surface area (Å²) in [4.78, 5) is 9.04. The van der Waals surface area contributed by atoms with Crippen LogP contribution in [0.15, 0.2) is 6.07 Å². The van der Waals surface area contributed by atoms with Crippen LogP contribution < -0.4 is 4.74 Å². The maximum absolute atomic E-state index is 5.13. The first-order valence-electron chi connectivity index (χ1n) is 5.12. The first kappa shape index (κ1) is 12.4. The van der Waals surface area contributed by atoms with Gasteiger partial charge < -0.3 is 4.74 Å². The molecule has 15 heavy (non-hydrogen) atoms. The zero-order valence-electron chi connectivity index (χ0n) is 9.62. The summed E-state index contributed by atoms with van der Waals surface area (Å²) in [5.74, 6) is 1.76. The van der Waals surface area contributed by atoms with Crippen LogP contribution in [0.2, 0.25) is 0 Å². The smallest absolute Gasteiger partial charge is 0.216 e. The molecular weight excluding hydrogens is 256 g/mol. The Morgan fingerprint density at radius 1 is 1.47 bits per heavy atom. The van der Waals surface area contributed by atoms with Gasteiger partial charge in [0.15, 0.2) is 0 Å². The molecule has 1 rings (SSSR count). The molecule has 3 nitrogen and oxygen atoms in total. The second-order valence-corrected chi connectivity index (χ2v) is 4.77. The summed E-state index contributed by atoms with van der Waals surface area (Å²) in [6, 6.07) is 1.90. The summed E-state index contributed by atoms with van der Waals surface area (Å²) < 4.78 is 5.13. The molecule has 0 radical (unpaired) electrons. The molecule has 0 saturated heterocycles. The third-order valence-corrected chi connectivity index (χ3v) is 3.88. The Balaban J connectivity index is 2.97. The number of halogens is 1. The topological polar surface area (TPSA) is 35.0 Å². The van der Waals surface area contributed by atoms with E-state index in [1.165, 1.54) is 0 Å². The Labute approximate surface area is 99.4 Å². The number of rotatable bonds is 4. The lowest BCUT2D eigenvalue weighted by atomic mass is 10.0. The van der Waals surface area contributed by atoms with Gasteiger partial charge in [0.2, 0.25) is 5.88 Å². The highest BCUT2D eigenvalue weighted by molar-refractivity contribution is 9.09. The predicted octanol–water partition coefficient (Wildman–Crippen LogP) is 3.07. The lowest BCUT2D eigenvalue weighted by Gasteiger charge is -2.16. The molecular formula is C11H17BrN2O. The van der Waals surface area contributed by atoms with Crippen molar-refractivity contribution >= 4 is 15.9 Å². The quantitative estimate of drug-likeness (QED) is 0.791. The summed E-state index contributed by atoms with van der Waals surface area (Å²) in [5, 5.41) is 0. The molecule has 0 aromatic carbocycles. The van der Waals surface area contributed by atoms with Crippen LogP contribution in [0.3, 0.4) is 0 Å². The molecule has 0 saturated carbocycles. The minimum atomic E-state index is 0.366. The molecule has 0 N–H and O–H groups in total. The predicted molar refractivity (Wildman–Crippen MR) is 64.7 cm³/mol. The maximum Gasteiger partial charge on any atom is 0.216 e. The Kier molecular flexibility index (Phi) is 4.51. The Morgan fingerprint density at radius 3 is 2.67 bits per heavy atom. The van der Waals surface area contributed by atoms with Gasteiger partial charge in [-0.05, 0) is 13.3 Å². The van der Waals surface area contributed by atoms with E-state index < -0.39 is 0 Å². The number of aryl methyl sites for hydroxylation is 1. The lowest BCUT2D eigenvalue weighted by molar-refractivity contribution is 0.393. The average Bonchev–Trinajstić information content (AvgIpc) is 2.26. The van der Waals surface area contributed by atoms with Crippen molar-refractivity contribution in [2.75, 3.05) is 7.11 Å². The van der Waals surface area contributed by atoms with E-state index in [0.29, 0.717) is 16.6 Å². The van der Waals surface area contributed by atoms with E-state index in [4.69, 9.17) is 4.74 Å². The Bertz CT molecular complexity index is 330. The molecule has 4 heteroatoms. The standard InChI is InChI=1S/C11H17BrN2O/c1-5-9(12)7(2)10-6-11(15-4)14-8(3)13-10/h6-7,9H,5H2,1-4H3. The third kappa shape index (κ3) is 3.16. The highest BCUT2D eigenvalue weighted by Crippen LogP contribution is 2.27. The Hall–Kier alpha value is -0.640. The summed E-state index contributed by atoms with van der Waals surface area (Å²) >= 11 is 3.65. The summed E-state index contributed by atoms with van der Waals surface area (Å²) in [6.07, 6.45) is 1.08. The van der Waals surface area contributed by atoms with E-state index in [9.17, 15) is 0 Å². The largest absolute Gasteiger partial charge is 0.481 e. The van der Waals surface area contributed by atoms with Gasteiger partial charge in [0, 0.05) is 16.8 Å². The van der Waals surface area contributed by atoms with E-state index in [1.54, 1.807) is 7.11 Å². The molecule has 0 bridgehead atoms. The highest BCUT2D eigenvalue weighted by Gasteiger charge is 2.17. The van der Waals surface area contributed by atoms with Gasteiger partial charge in [0.25, 0.3) is 0 Å². The number of nitrogens with zero attached hydrogens (tertiary/aromatic N) is 2. The SMILES string of the molecule is CCC(Br)C(C)c1cc(OC)nc(C)n1. The van der Waals surface area contributed by atoms with Gasteiger partial charge in [-0.25, -0.2) is 4.98 Å². The van der Waals surface area contributed by atoms with Crippen molar-refractivity contribution < 1.29 is 4.74 Å². The molecule has 1 aromatic heterocycles. The van der Waals surface area contributed by atoms with Crippen LogP contribution in [-0.4, -0.2) is 21.9 Å². The molecule has 0 amide bonds. The van der Waals surface area contributed by atoms with Crippen molar-refractivity contribution in [3.63, 3.8) is 0 Å². The number of methoxy groups -OCH3 is 1. The minimum absolute atomic E-state index is 0.366. The van der Waals surface area contributed by atoms with E-state index in [-0.39, 0.29) is 0 Å². The van der Waals surface area contributed by atoms with Gasteiger partial charge >= 0.3 is 0 Å². The van der Waals surface area contributed by atoms with Crippen LogP contribution in [-0.2, 0) is 0 Å². The highest BCUT2D eigenvalue weighted by atomic mass is 79.9. The van der Waals surface area contributed by atoms with Crippen LogP contribution in [0.5, 0.6) is 5.88 Å². The number of aromatic nitrogens is 2. The molecule has 1 aromatic rings. The van der Waals surface area contributed by atoms with Gasteiger partial charge in [-0.2, -0.15) is 4.98 Å². The zero-order valence-corrected chi connectivity index (χ0v) is 11.2. The minimum Gasteiger partial charge on any atom is -0.481 e. The molecule has 0 aliphatic rings. The fraction of sp³-hybridized carbons (Fsp3) is 0.636. The van der Waals surface area contributed by atoms with Crippen molar-refractivity contribution in [3.05, 3.63) is 17.6 Å². The van der Waals surface area contributed by atoms with Gasteiger partial charge in [0.05, 0.1) is 12.8 Å². The second-order valence-electron chi connectivity index (χ2n) is 3.60. The van der Waals surface area contributed by atoms with Crippen molar-refractivity contribution in [2.45, 2.75) is 37.9 Å². The fourth-order valence-electron chi connectivity index (χ4n) is 1.44. The van der Waals surface area contributed by atoms with Gasteiger partial charge in [-0.3, -0.25) is 0 Å². The van der Waals surface area contributed by atoms with Gasteiger partial charge in [-0.1, -0.05) is 29.8 Å². The Morgan fingerprint density at radius 2 is 2.13 bits per heavy atom. The summed E-state index contributed by atoms with van der Waals surface area (Å²) in [7, 11) is 1.63. The van der Waals surface area contributed by atoms with Crippen LogP contribution in [0.4, 0.5) is 0 Å². The first-order valence-corrected chi connectivity index (χ1v) is 6.03. The molecule has 1 heterocycles. The summed E-state index contributed by atoms with van der Waals surface area (Å²) in [6.45, 7) is 6.19. The second kappa shape index (κ2) is 5.45. The molecule has 0 spiro atoms. The molecule has 2 unspecified atom stereocenters. The van der Waals surface area contributed by atoms with Crippen molar-refractivity contribution in [1.29, 1.82) is 0 Å². The van der Waals surface area contributed by atoms with Gasteiger partial charge in [-0.15, -0.1) is 0 Å². The number of alkyl halides is 1. The van der Waals surface area contributed by atoms with Gasteiger partial charge in [0.1, 0.15) is 5.82 Å². The van der Waals surface area contributed by atoms with Crippen LogP contribution in [0.1, 0.15) is 37.7 Å². The fourth-order valence-corrected chi connectivity index (χ4v) is 1.71.